The maximum Gasteiger partial charge on any atom is 0.179 e. The van der Waals surface area contributed by atoms with Gasteiger partial charge in [-0.3, -0.25) is 0 Å². The topological polar surface area (TPSA) is 44.8 Å². The maximum absolute atomic E-state index is 13.2. The van der Waals surface area contributed by atoms with Gasteiger partial charge in [0, 0.05) is 20.5 Å². The molecule has 0 aliphatic rings. The van der Waals surface area contributed by atoms with E-state index in [9.17, 15) is 8.78 Å². The monoisotopic (exact) mass is 288 g/mol. The van der Waals surface area contributed by atoms with Crippen molar-refractivity contribution in [3.63, 3.8) is 0 Å². The molecule has 4 nitrogen and oxygen atoms in total. The number of hydrogen-bond donors (Lipinski definition) is 1. The first-order valence-corrected chi connectivity index (χ1v) is 6.50. The number of pyridine rings is 1. The minimum atomic E-state index is -0.850. The Morgan fingerprint density at radius 2 is 1.86 bits per heavy atom. The molecule has 0 unspecified atom stereocenters. The van der Waals surface area contributed by atoms with Gasteiger partial charge >= 0.3 is 0 Å². The summed E-state index contributed by atoms with van der Waals surface area (Å²) in [5, 5.41) is 0. The standard InChI is InChI=1S/C15H14F2N4/c1-21(2)14-6-5-12-15(20-14)19-13(18-12)8-9-3-4-10(16)11(17)7-9/h3-7H,8H2,1-2H3,(H,18,19,20). The van der Waals surface area contributed by atoms with E-state index in [0.29, 0.717) is 23.5 Å². The minimum Gasteiger partial charge on any atom is -0.363 e. The number of imidazole rings is 1. The number of aromatic nitrogens is 3. The molecule has 2 heterocycles. The number of aromatic amines is 1. The number of fused-ring (bicyclic) bond motifs is 1. The van der Waals surface area contributed by atoms with Crippen LogP contribution < -0.4 is 4.90 Å². The van der Waals surface area contributed by atoms with Gasteiger partial charge in [0.1, 0.15) is 11.6 Å². The van der Waals surface area contributed by atoms with Gasteiger partial charge in [-0.2, -0.15) is 0 Å². The van der Waals surface area contributed by atoms with Gasteiger partial charge in [0.2, 0.25) is 0 Å². The summed E-state index contributed by atoms with van der Waals surface area (Å²) in [6, 6.07) is 7.64. The lowest BCUT2D eigenvalue weighted by Crippen LogP contribution is -2.10. The van der Waals surface area contributed by atoms with E-state index < -0.39 is 11.6 Å². The van der Waals surface area contributed by atoms with Crippen molar-refractivity contribution in [3.8, 4) is 0 Å². The molecule has 108 valence electrons. The molecule has 2 aromatic heterocycles. The lowest BCUT2D eigenvalue weighted by Gasteiger charge is -2.09. The molecule has 0 saturated carbocycles. The first-order chi connectivity index (χ1) is 10.0. The highest BCUT2D eigenvalue weighted by Crippen LogP contribution is 2.17. The zero-order chi connectivity index (χ0) is 15.0. The molecule has 21 heavy (non-hydrogen) atoms. The highest BCUT2D eigenvalue weighted by Gasteiger charge is 2.08. The maximum atomic E-state index is 13.2. The van der Waals surface area contributed by atoms with Crippen LogP contribution in [0.4, 0.5) is 14.6 Å². The smallest absolute Gasteiger partial charge is 0.179 e. The molecule has 0 amide bonds. The number of rotatable bonds is 3. The summed E-state index contributed by atoms with van der Waals surface area (Å²) in [6.45, 7) is 0. The van der Waals surface area contributed by atoms with E-state index in [4.69, 9.17) is 0 Å². The highest BCUT2D eigenvalue weighted by atomic mass is 19.2. The predicted molar refractivity (Wildman–Crippen MR) is 77.4 cm³/mol. The van der Waals surface area contributed by atoms with Crippen LogP contribution in [-0.4, -0.2) is 29.0 Å². The van der Waals surface area contributed by atoms with Gasteiger partial charge in [-0.1, -0.05) is 6.07 Å². The van der Waals surface area contributed by atoms with E-state index in [0.717, 1.165) is 17.4 Å². The second-order valence-corrected chi connectivity index (χ2v) is 5.04. The minimum absolute atomic E-state index is 0.394. The molecule has 0 aliphatic heterocycles. The van der Waals surface area contributed by atoms with Gasteiger partial charge in [0.25, 0.3) is 0 Å². The van der Waals surface area contributed by atoms with E-state index in [-0.39, 0.29) is 0 Å². The van der Waals surface area contributed by atoms with Gasteiger partial charge in [0.05, 0.1) is 5.52 Å². The molecule has 0 fully saturated rings. The van der Waals surface area contributed by atoms with Gasteiger partial charge in [-0.25, -0.2) is 18.7 Å². The molecule has 0 spiro atoms. The lowest BCUT2D eigenvalue weighted by atomic mass is 10.1. The summed E-state index contributed by atoms with van der Waals surface area (Å²) in [6.07, 6.45) is 0.394. The van der Waals surface area contributed by atoms with Crippen LogP contribution >= 0.6 is 0 Å². The van der Waals surface area contributed by atoms with Gasteiger partial charge in [-0.15, -0.1) is 0 Å². The average molecular weight is 288 g/mol. The van der Waals surface area contributed by atoms with Crippen molar-refractivity contribution in [2.45, 2.75) is 6.42 Å². The normalized spacial score (nSPS) is 11.0. The van der Waals surface area contributed by atoms with Crippen LogP contribution in [0.1, 0.15) is 11.4 Å². The Hall–Kier alpha value is -2.50. The van der Waals surface area contributed by atoms with E-state index in [1.54, 1.807) is 6.07 Å². The number of H-pyrrole nitrogens is 1. The predicted octanol–water partition coefficient (Wildman–Crippen LogP) is 2.89. The van der Waals surface area contributed by atoms with E-state index in [1.165, 1.54) is 6.07 Å². The fourth-order valence-corrected chi connectivity index (χ4v) is 2.11. The number of nitrogens with zero attached hydrogens (tertiary/aromatic N) is 3. The Bertz CT molecular complexity index is 795. The third-order valence-electron chi connectivity index (χ3n) is 3.19. The Morgan fingerprint density at radius 1 is 1.05 bits per heavy atom. The molecular formula is C15H14F2N4. The number of nitrogens with one attached hydrogen (secondary N) is 1. The summed E-state index contributed by atoms with van der Waals surface area (Å²) in [7, 11) is 3.81. The van der Waals surface area contributed by atoms with Crippen LogP contribution in [0.2, 0.25) is 0 Å². The molecule has 3 aromatic rings. The summed E-state index contributed by atoms with van der Waals surface area (Å²) < 4.78 is 26.1. The number of anilines is 1. The van der Waals surface area contributed by atoms with Crippen molar-refractivity contribution >= 4 is 17.0 Å². The largest absolute Gasteiger partial charge is 0.363 e. The summed E-state index contributed by atoms with van der Waals surface area (Å²) in [5.41, 5.74) is 2.08. The van der Waals surface area contributed by atoms with E-state index in [1.807, 2.05) is 31.1 Å². The molecule has 0 radical (unpaired) electrons. The Kier molecular flexibility index (Phi) is 3.29. The molecule has 1 N–H and O–H groups in total. The van der Waals surface area contributed by atoms with Gasteiger partial charge in [-0.05, 0) is 29.8 Å². The number of benzene rings is 1. The third-order valence-corrected chi connectivity index (χ3v) is 3.19. The molecule has 0 bridgehead atoms. The first kappa shape index (κ1) is 13.5. The second kappa shape index (κ2) is 5.12. The Morgan fingerprint density at radius 3 is 2.57 bits per heavy atom. The first-order valence-electron chi connectivity index (χ1n) is 6.50. The molecule has 0 atom stereocenters. The van der Waals surface area contributed by atoms with Crippen molar-refractivity contribution in [1.82, 2.24) is 15.0 Å². The molecule has 0 saturated heterocycles. The lowest BCUT2D eigenvalue weighted by molar-refractivity contribution is 0.507. The Labute approximate surface area is 120 Å². The van der Waals surface area contributed by atoms with Crippen molar-refractivity contribution in [2.75, 3.05) is 19.0 Å². The van der Waals surface area contributed by atoms with Crippen molar-refractivity contribution in [1.29, 1.82) is 0 Å². The van der Waals surface area contributed by atoms with Gasteiger partial charge < -0.3 is 9.88 Å². The molecule has 6 heteroatoms. The molecule has 0 aliphatic carbocycles. The van der Waals surface area contributed by atoms with Crippen LogP contribution in [0.3, 0.4) is 0 Å². The van der Waals surface area contributed by atoms with Crippen LogP contribution in [0.5, 0.6) is 0 Å². The van der Waals surface area contributed by atoms with Gasteiger partial charge in [0.15, 0.2) is 17.3 Å². The summed E-state index contributed by atoms with van der Waals surface area (Å²) >= 11 is 0. The Balaban J connectivity index is 1.92. The quantitative estimate of drug-likeness (QED) is 0.806. The molecule has 1 aromatic carbocycles. The SMILES string of the molecule is CN(C)c1ccc2[nH]c(Cc3ccc(F)c(F)c3)nc2n1. The van der Waals surface area contributed by atoms with Crippen molar-refractivity contribution < 1.29 is 8.78 Å². The fourth-order valence-electron chi connectivity index (χ4n) is 2.11. The third kappa shape index (κ3) is 2.69. The van der Waals surface area contributed by atoms with Crippen molar-refractivity contribution in [2.24, 2.45) is 0 Å². The fraction of sp³-hybridized carbons (Fsp3) is 0.200. The average Bonchev–Trinajstić information content (AvgIpc) is 2.84. The van der Waals surface area contributed by atoms with Crippen molar-refractivity contribution in [3.05, 3.63) is 53.4 Å². The second-order valence-electron chi connectivity index (χ2n) is 5.04. The summed E-state index contributed by atoms with van der Waals surface area (Å²) in [4.78, 5) is 13.8. The number of halogens is 2. The molecular weight excluding hydrogens is 274 g/mol. The van der Waals surface area contributed by atoms with E-state index in [2.05, 4.69) is 15.0 Å². The van der Waals surface area contributed by atoms with Crippen LogP contribution in [0, 0.1) is 11.6 Å². The van der Waals surface area contributed by atoms with Crippen LogP contribution in [-0.2, 0) is 6.42 Å². The van der Waals surface area contributed by atoms with Crippen LogP contribution in [0.25, 0.3) is 11.2 Å². The highest BCUT2D eigenvalue weighted by molar-refractivity contribution is 5.73. The summed E-state index contributed by atoms with van der Waals surface area (Å²) in [5.74, 6) is -0.218. The number of hydrogen-bond acceptors (Lipinski definition) is 3. The van der Waals surface area contributed by atoms with Crippen LogP contribution in [0.15, 0.2) is 30.3 Å². The zero-order valence-corrected chi connectivity index (χ0v) is 11.7. The van der Waals surface area contributed by atoms with E-state index >= 15 is 0 Å². The zero-order valence-electron chi connectivity index (χ0n) is 11.7. The molecule has 3 rings (SSSR count).